The van der Waals surface area contributed by atoms with Crippen LogP contribution in [-0.4, -0.2) is 27.3 Å². The summed E-state index contributed by atoms with van der Waals surface area (Å²) in [5, 5.41) is 16.5. The first-order chi connectivity index (χ1) is 9.56. The molecule has 2 heterocycles. The number of aliphatic carboxylic acids is 1. The Labute approximate surface area is 119 Å². The van der Waals surface area contributed by atoms with Crippen molar-refractivity contribution < 1.29 is 14.7 Å². The molecule has 1 aromatic heterocycles. The summed E-state index contributed by atoms with van der Waals surface area (Å²) in [6, 6.07) is 3.57. The van der Waals surface area contributed by atoms with E-state index >= 15 is 0 Å². The highest BCUT2D eigenvalue weighted by Gasteiger charge is 2.30. The summed E-state index contributed by atoms with van der Waals surface area (Å²) in [5.74, 6) is -1.67. The van der Waals surface area contributed by atoms with Gasteiger partial charge in [0.1, 0.15) is 0 Å². The number of hydrazone groups is 1. The van der Waals surface area contributed by atoms with Gasteiger partial charge in [-0.3, -0.25) is 15.2 Å². The summed E-state index contributed by atoms with van der Waals surface area (Å²) in [5.41, 5.74) is 3.97. The zero-order valence-corrected chi connectivity index (χ0v) is 11.1. The number of carboxylic acid groups (broad SMARTS) is 1. The van der Waals surface area contributed by atoms with E-state index in [0.717, 1.165) is 17.3 Å². The Morgan fingerprint density at radius 1 is 1.65 bits per heavy atom. The number of rotatable bonds is 5. The van der Waals surface area contributed by atoms with Gasteiger partial charge in [-0.05, 0) is 12.1 Å². The van der Waals surface area contributed by atoms with Crippen molar-refractivity contribution >= 4 is 34.5 Å². The van der Waals surface area contributed by atoms with E-state index in [1.165, 1.54) is 0 Å². The largest absolute Gasteiger partial charge is 0.550 e. The van der Waals surface area contributed by atoms with Gasteiger partial charge in [0, 0.05) is 30.3 Å². The predicted molar refractivity (Wildman–Crippen MR) is 73.0 cm³/mol. The minimum absolute atomic E-state index is 0.297. The van der Waals surface area contributed by atoms with Gasteiger partial charge in [0.15, 0.2) is 5.17 Å². The van der Waals surface area contributed by atoms with E-state index < -0.39 is 17.1 Å². The lowest BCUT2D eigenvalue weighted by Crippen LogP contribution is -2.31. The van der Waals surface area contributed by atoms with Crippen LogP contribution in [0.25, 0.3) is 5.70 Å². The summed E-state index contributed by atoms with van der Waals surface area (Å²) in [4.78, 5) is 25.9. The van der Waals surface area contributed by atoms with Crippen molar-refractivity contribution in [2.24, 2.45) is 5.10 Å². The molecule has 0 bridgehead atoms. The maximum Gasteiger partial charge on any atom is 0.239 e. The Morgan fingerprint density at radius 2 is 2.45 bits per heavy atom. The lowest BCUT2D eigenvalue weighted by Gasteiger charge is -2.05. The first kappa shape index (κ1) is 14.1. The molecule has 1 saturated heterocycles. The van der Waals surface area contributed by atoms with Crippen molar-refractivity contribution in [3.8, 4) is 0 Å². The smallest absolute Gasteiger partial charge is 0.239 e. The highest BCUT2D eigenvalue weighted by molar-refractivity contribution is 8.15. The van der Waals surface area contributed by atoms with Crippen molar-refractivity contribution in [3.63, 3.8) is 0 Å². The summed E-state index contributed by atoms with van der Waals surface area (Å²) in [6.07, 6.45) is 2.91. The molecule has 0 radical (unpaired) electrons. The molecular formula is C12H11N4O3S-. The molecule has 8 heteroatoms. The summed E-state index contributed by atoms with van der Waals surface area (Å²) in [7, 11) is 0. The maximum atomic E-state index is 11.5. The number of aromatic nitrogens is 1. The monoisotopic (exact) mass is 291 g/mol. The number of amidine groups is 1. The molecule has 0 aliphatic carbocycles. The number of carboxylic acids is 1. The standard InChI is InChI=1S/C12H12N4O3S/c1-7(8-3-2-4-13-6-8)15-16-12-14-11(19)9(20-12)5-10(17)18/h2-4,6,9,15H,1,5H2,(H,17,18)(H,14,16,19)/p-1/t9-/m1/s1. The number of hydrogen-bond acceptors (Lipinski definition) is 7. The second-order valence-electron chi connectivity index (χ2n) is 3.92. The predicted octanol–water partition coefficient (Wildman–Crippen LogP) is -0.715. The Morgan fingerprint density at radius 3 is 3.10 bits per heavy atom. The molecule has 7 nitrogen and oxygen atoms in total. The van der Waals surface area contributed by atoms with E-state index in [9.17, 15) is 14.7 Å². The van der Waals surface area contributed by atoms with Gasteiger partial charge >= 0.3 is 0 Å². The number of nitrogens with zero attached hydrogens (tertiary/aromatic N) is 2. The van der Waals surface area contributed by atoms with Crippen LogP contribution in [0.2, 0.25) is 0 Å². The fourth-order valence-corrected chi connectivity index (χ4v) is 2.38. The Balaban J connectivity index is 1.95. The molecule has 2 rings (SSSR count). The lowest BCUT2D eigenvalue weighted by molar-refractivity contribution is -0.305. The molecule has 2 N–H and O–H groups in total. The van der Waals surface area contributed by atoms with Crippen molar-refractivity contribution in [3.05, 3.63) is 36.7 Å². The fourth-order valence-electron chi connectivity index (χ4n) is 1.47. The van der Waals surface area contributed by atoms with Gasteiger partial charge in [0.2, 0.25) is 5.91 Å². The van der Waals surface area contributed by atoms with Crippen LogP contribution in [0.1, 0.15) is 12.0 Å². The zero-order chi connectivity index (χ0) is 14.5. The molecule has 1 aliphatic rings. The van der Waals surface area contributed by atoms with Crippen LogP contribution in [0.3, 0.4) is 0 Å². The highest BCUT2D eigenvalue weighted by atomic mass is 32.2. The van der Waals surface area contributed by atoms with E-state index in [4.69, 9.17) is 0 Å². The van der Waals surface area contributed by atoms with Gasteiger partial charge in [-0.15, -0.1) is 5.10 Å². The minimum atomic E-state index is -1.27. The van der Waals surface area contributed by atoms with Crippen molar-refractivity contribution in [2.45, 2.75) is 11.7 Å². The molecule has 1 amide bonds. The third-order valence-electron chi connectivity index (χ3n) is 2.43. The molecule has 1 aromatic rings. The van der Waals surface area contributed by atoms with Crippen molar-refractivity contribution in [1.29, 1.82) is 0 Å². The zero-order valence-electron chi connectivity index (χ0n) is 10.3. The van der Waals surface area contributed by atoms with Crippen LogP contribution < -0.4 is 15.8 Å². The third kappa shape index (κ3) is 3.58. The Hall–Kier alpha value is -2.35. The van der Waals surface area contributed by atoms with Gasteiger partial charge in [-0.1, -0.05) is 18.3 Å². The van der Waals surface area contributed by atoms with E-state index in [1.807, 2.05) is 6.07 Å². The van der Waals surface area contributed by atoms with Gasteiger partial charge in [0.05, 0.1) is 10.9 Å². The first-order valence-corrected chi connectivity index (χ1v) is 6.54. The second kappa shape index (κ2) is 6.20. The van der Waals surface area contributed by atoms with Crippen LogP contribution in [0, 0.1) is 0 Å². The molecular weight excluding hydrogens is 280 g/mol. The maximum absolute atomic E-state index is 11.5. The molecule has 1 aliphatic heterocycles. The molecule has 20 heavy (non-hydrogen) atoms. The topological polar surface area (TPSA) is 107 Å². The number of pyridine rings is 1. The van der Waals surface area contributed by atoms with E-state index in [0.29, 0.717) is 10.9 Å². The molecule has 0 unspecified atom stereocenters. The quantitative estimate of drug-likeness (QED) is 0.694. The minimum Gasteiger partial charge on any atom is -0.550 e. The second-order valence-corrected chi connectivity index (χ2v) is 5.11. The van der Waals surface area contributed by atoms with E-state index in [2.05, 4.69) is 27.4 Å². The summed E-state index contributed by atoms with van der Waals surface area (Å²) in [6.45, 7) is 3.79. The molecule has 104 valence electrons. The van der Waals surface area contributed by atoms with E-state index in [1.54, 1.807) is 18.5 Å². The molecule has 1 atom stereocenters. The van der Waals surface area contributed by atoms with Crippen molar-refractivity contribution in [1.82, 2.24) is 15.7 Å². The summed E-state index contributed by atoms with van der Waals surface area (Å²) < 4.78 is 0. The van der Waals surface area contributed by atoms with Gasteiger partial charge in [-0.25, -0.2) is 0 Å². The van der Waals surface area contributed by atoms with Crippen LogP contribution in [0.4, 0.5) is 0 Å². The number of amides is 1. The van der Waals surface area contributed by atoms with Crippen molar-refractivity contribution in [2.75, 3.05) is 0 Å². The van der Waals surface area contributed by atoms with Crippen LogP contribution >= 0.6 is 11.8 Å². The number of hydrogen-bond donors (Lipinski definition) is 2. The number of carbonyl (C=O) groups is 2. The Bertz CT molecular complexity index is 573. The number of carbonyl (C=O) groups excluding carboxylic acids is 2. The average molecular weight is 291 g/mol. The molecule has 1 fully saturated rings. The molecule has 0 aromatic carbocycles. The number of nitrogens with one attached hydrogen (secondary N) is 2. The lowest BCUT2D eigenvalue weighted by atomic mass is 10.2. The van der Waals surface area contributed by atoms with Gasteiger partial charge in [-0.2, -0.15) is 0 Å². The number of thioether (sulfide) groups is 1. The van der Waals surface area contributed by atoms with Crippen LogP contribution in [0.5, 0.6) is 0 Å². The van der Waals surface area contributed by atoms with Crippen LogP contribution in [-0.2, 0) is 9.59 Å². The van der Waals surface area contributed by atoms with Gasteiger partial charge < -0.3 is 15.2 Å². The Kier molecular flexibility index (Phi) is 4.36. The summed E-state index contributed by atoms with van der Waals surface area (Å²) >= 11 is 1.03. The third-order valence-corrected chi connectivity index (χ3v) is 3.51. The molecule has 0 spiro atoms. The first-order valence-electron chi connectivity index (χ1n) is 5.66. The molecule has 0 saturated carbocycles. The SMILES string of the molecule is C=C(N/N=C1/NC(=O)[C@@H](CC(=O)[O-])S1)c1cccnc1. The van der Waals surface area contributed by atoms with Crippen LogP contribution in [0.15, 0.2) is 36.2 Å². The average Bonchev–Trinajstić information content (AvgIpc) is 2.77. The van der Waals surface area contributed by atoms with Gasteiger partial charge in [0.25, 0.3) is 0 Å². The van der Waals surface area contributed by atoms with E-state index in [-0.39, 0.29) is 6.42 Å². The highest BCUT2D eigenvalue weighted by Crippen LogP contribution is 2.21. The normalized spacial score (nSPS) is 19.7. The fraction of sp³-hybridized carbons (Fsp3) is 0.167.